The third-order valence-electron chi connectivity index (χ3n) is 2.13. The second-order valence-electron chi connectivity index (χ2n) is 3.16. The molecule has 1 N–H and O–H groups in total. The molecule has 2 aromatic rings. The Morgan fingerprint density at radius 2 is 2.33 bits per heavy atom. The Morgan fingerprint density at radius 3 is 2.93 bits per heavy atom. The van der Waals surface area contributed by atoms with E-state index in [1.807, 2.05) is 6.92 Å². The van der Waals surface area contributed by atoms with Gasteiger partial charge in [0.25, 0.3) is 5.78 Å². The number of aromatic carboxylic acids is 1. The highest BCUT2D eigenvalue weighted by molar-refractivity contribution is 5.87. The van der Waals surface area contributed by atoms with E-state index >= 15 is 0 Å². The minimum absolute atomic E-state index is 0.142. The summed E-state index contributed by atoms with van der Waals surface area (Å²) in [7, 11) is 0. The number of aryl methyl sites for hydroxylation is 2. The number of aromatic nitrogens is 4. The maximum atomic E-state index is 11.1. The predicted octanol–water partition coefficient (Wildman–Crippen LogP) is 0.693. The minimum Gasteiger partial charge on any atom is -0.476 e. The second kappa shape index (κ2) is 3.30. The van der Waals surface area contributed by atoms with E-state index in [0.717, 1.165) is 0 Å². The first-order valence-electron chi connectivity index (χ1n) is 4.58. The summed E-state index contributed by atoms with van der Waals surface area (Å²) >= 11 is 0. The van der Waals surface area contributed by atoms with Gasteiger partial charge in [0.15, 0.2) is 5.69 Å². The number of carboxylic acid groups (broad SMARTS) is 1. The number of hydrogen-bond acceptors (Lipinski definition) is 4. The van der Waals surface area contributed by atoms with Crippen LogP contribution in [-0.4, -0.2) is 30.7 Å². The number of fused-ring (bicyclic) bond motifs is 1. The summed E-state index contributed by atoms with van der Waals surface area (Å²) in [5.41, 5.74) is 0.794. The highest BCUT2D eigenvalue weighted by Gasteiger charge is 2.16. The first-order valence-corrected chi connectivity index (χ1v) is 4.58. The molecule has 0 atom stereocenters. The molecule has 0 radical (unpaired) electrons. The van der Waals surface area contributed by atoms with E-state index in [9.17, 15) is 4.79 Å². The standard InChI is InChI=1S/C9H10N4O2/c1-3-6-4-10-9-11-5(2)12-13(9)7(6)8(14)15/h4H,3H2,1-2H3,(H,14,15). The molecule has 0 fully saturated rings. The molecule has 0 bridgehead atoms. The molecule has 2 heterocycles. The monoisotopic (exact) mass is 206 g/mol. The van der Waals surface area contributed by atoms with Crippen molar-refractivity contribution in [2.45, 2.75) is 20.3 Å². The lowest BCUT2D eigenvalue weighted by Crippen LogP contribution is -2.11. The Bertz CT molecular complexity index is 532. The Balaban J connectivity index is 2.83. The van der Waals surface area contributed by atoms with Crippen LogP contribution >= 0.6 is 0 Å². The number of nitrogens with zero attached hydrogens (tertiary/aromatic N) is 4. The Kier molecular flexibility index (Phi) is 2.11. The molecule has 2 aromatic heterocycles. The van der Waals surface area contributed by atoms with Crippen molar-refractivity contribution in [1.82, 2.24) is 19.6 Å². The molecule has 6 heteroatoms. The lowest BCUT2D eigenvalue weighted by Gasteiger charge is -2.03. The van der Waals surface area contributed by atoms with Gasteiger partial charge < -0.3 is 5.11 Å². The van der Waals surface area contributed by atoms with Gasteiger partial charge in [-0.05, 0) is 13.3 Å². The van der Waals surface area contributed by atoms with E-state index in [2.05, 4.69) is 15.1 Å². The second-order valence-corrected chi connectivity index (χ2v) is 3.16. The third kappa shape index (κ3) is 1.43. The van der Waals surface area contributed by atoms with Gasteiger partial charge in [-0.2, -0.15) is 9.50 Å². The zero-order chi connectivity index (χ0) is 11.0. The van der Waals surface area contributed by atoms with Gasteiger partial charge in [0.05, 0.1) is 0 Å². The van der Waals surface area contributed by atoms with Crippen LogP contribution in [0, 0.1) is 6.92 Å². The van der Waals surface area contributed by atoms with E-state index in [0.29, 0.717) is 23.6 Å². The molecule has 6 nitrogen and oxygen atoms in total. The molecule has 2 rings (SSSR count). The number of carbonyl (C=O) groups is 1. The summed E-state index contributed by atoms with van der Waals surface area (Å²) < 4.78 is 1.27. The lowest BCUT2D eigenvalue weighted by atomic mass is 10.2. The van der Waals surface area contributed by atoms with Gasteiger partial charge in [-0.25, -0.2) is 9.78 Å². The SMILES string of the molecule is CCc1cnc2nc(C)nn2c1C(=O)O. The van der Waals surface area contributed by atoms with Crippen LogP contribution in [0.2, 0.25) is 0 Å². The van der Waals surface area contributed by atoms with Gasteiger partial charge in [0, 0.05) is 11.8 Å². The quantitative estimate of drug-likeness (QED) is 0.782. The zero-order valence-corrected chi connectivity index (χ0v) is 8.43. The maximum Gasteiger partial charge on any atom is 0.355 e. The van der Waals surface area contributed by atoms with Crippen LogP contribution in [0.5, 0.6) is 0 Å². The number of rotatable bonds is 2. The topological polar surface area (TPSA) is 80.4 Å². The average molecular weight is 206 g/mol. The van der Waals surface area contributed by atoms with Gasteiger partial charge in [-0.15, -0.1) is 5.10 Å². The fourth-order valence-electron chi connectivity index (χ4n) is 1.46. The molecule has 0 aliphatic rings. The molecule has 0 unspecified atom stereocenters. The van der Waals surface area contributed by atoms with E-state index in [1.54, 1.807) is 6.92 Å². The first kappa shape index (κ1) is 9.57. The summed E-state index contributed by atoms with van der Waals surface area (Å²) in [6.45, 7) is 3.57. The fraction of sp³-hybridized carbons (Fsp3) is 0.333. The summed E-state index contributed by atoms with van der Waals surface area (Å²) in [5.74, 6) is -0.176. The van der Waals surface area contributed by atoms with E-state index in [-0.39, 0.29) is 5.69 Å². The molecule has 0 aliphatic heterocycles. The molecule has 0 saturated carbocycles. The fourth-order valence-corrected chi connectivity index (χ4v) is 1.46. The Morgan fingerprint density at radius 1 is 1.60 bits per heavy atom. The van der Waals surface area contributed by atoms with Crippen molar-refractivity contribution in [1.29, 1.82) is 0 Å². The predicted molar refractivity (Wildman–Crippen MR) is 51.9 cm³/mol. The maximum absolute atomic E-state index is 11.1. The van der Waals surface area contributed by atoms with Crippen molar-refractivity contribution in [2.24, 2.45) is 0 Å². The molecular weight excluding hydrogens is 196 g/mol. The summed E-state index contributed by atoms with van der Waals surface area (Å²) in [4.78, 5) is 19.1. The van der Waals surface area contributed by atoms with Crippen molar-refractivity contribution >= 4 is 11.7 Å². The Hall–Kier alpha value is -1.98. The molecule has 0 spiro atoms. The molecule has 0 aromatic carbocycles. The van der Waals surface area contributed by atoms with Crippen molar-refractivity contribution in [3.63, 3.8) is 0 Å². The molecule has 78 valence electrons. The smallest absolute Gasteiger partial charge is 0.355 e. The van der Waals surface area contributed by atoms with E-state index < -0.39 is 5.97 Å². The summed E-state index contributed by atoms with van der Waals surface area (Å²) in [5, 5.41) is 13.1. The summed E-state index contributed by atoms with van der Waals surface area (Å²) in [6.07, 6.45) is 2.14. The molecule has 0 aliphatic carbocycles. The van der Waals surface area contributed by atoms with Crippen LogP contribution in [0.1, 0.15) is 28.8 Å². The highest BCUT2D eigenvalue weighted by Crippen LogP contribution is 2.10. The highest BCUT2D eigenvalue weighted by atomic mass is 16.4. The van der Waals surface area contributed by atoms with E-state index in [4.69, 9.17) is 5.11 Å². The third-order valence-corrected chi connectivity index (χ3v) is 2.13. The average Bonchev–Trinajstić information content (AvgIpc) is 2.55. The van der Waals surface area contributed by atoms with Crippen LogP contribution in [0.3, 0.4) is 0 Å². The molecule has 0 amide bonds. The van der Waals surface area contributed by atoms with Crippen LogP contribution < -0.4 is 0 Å². The van der Waals surface area contributed by atoms with Crippen LogP contribution in [0.4, 0.5) is 0 Å². The first-order chi connectivity index (χ1) is 7.13. The normalized spacial score (nSPS) is 10.8. The van der Waals surface area contributed by atoms with Gasteiger partial charge in [0.2, 0.25) is 0 Å². The van der Waals surface area contributed by atoms with Gasteiger partial charge >= 0.3 is 5.97 Å². The minimum atomic E-state index is -1.01. The van der Waals surface area contributed by atoms with Gasteiger partial charge in [-0.1, -0.05) is 6.92 Å². The van der Waals surface area contributed by atoms with Crippen LogP contribution in [-0.2, 0) is 6.42 Å². The van der Waals surface area contributed by atoms with Crippen molar-refractivity contribution in [3.8, 4) is 0 Å². The van der Waals surface area contributed by atoms with Crippen LogP contribution in [0.25, 0.3) is 5.78 Å². The lowest BCUT2D eigenvalue weighted by molar-refractivity contribution is 0.0686. The Labute approximate surface area is 85.6 Å². The van der Waals surface area contributed by atoms with Crippen LogP contribution in [0.15, 0.2) is 6.20 Å². The van der Waals surface area contributed by atoms with Crippen molar-refractivity contribution in [2.75, 3.05) is 0 Å². The number of carboxylic acids is 1. The van der Waals surface area contributed by atoms with E-state index in [1.165, 1.54) is 10.7 Å². The van der Waals surface area contributed by atoms with Gasteiger partial charge in [0.1, 0.15) is 5.82 Å². The summed E-state index contributed by atoms with van der Waals surface area (Å²) in [6, 6.07) is 0. The van der Waals surface area contributed by atoms with Crippen molar-refractivity contribution < 1.29 is 9.90 Å². The zero-order valence-electron chi connectivity index (χ0n) is 8.43. The number of hydrogen-bond donors (Lipinski definition) is 1. The largest absolute Gasteiger partial charge is 0.476 e. The molecule has 0 saturated heterocycles. The van der Waals surface area contributed by atoms with Crippen molar-refractivity contribution in [3.05, 3.63) is 23.3 Å². The molecule has 15 heavy (non-hydrogen) atoms. The van der Waals surface area contributed by atoms with Gasteiger partial charge in [-0.3, -0.25) is 0 Å². The molecular formula is C9H10N4O2.